The molecule has 5 nitrogen and oxygen atoms in total. The molecule has 37 heavy (non-hydrogen) atoms. The van der Waals surface area contributed by atoms with Gasteiger partial charge in [-0.2, -0.15) is 0 Å². The minimum Gasteiger partial charge on any atom is -0.497 e. The molecule has 2 heterocycles. The Bertz CT molecular complexity index is 1460. The Hall–Kier alpha value is -4.03. The zero-order chi connectivity index (χ0) is 25.8. The van der Waals surface area contributed by atoms with Crippen LogP contribution in [0.1, 0.15) is 22.5 Å². The van der Waals surface area contributed by atoms with Crippen LogP contribution in [0, 0.1) is 13.8 Å². The first-order chi connectivity index (χ1) is 18.0. The van der Waals surface area contributed by atoms with Gasteiger partial charge in [-0.1, -0.05) is 48.5 Å². The van der Waals surface area contributed by atoms with Crippen molar-refractivity contribution in [1.29, 1.82) is 0 Å². The Morgan fingerprint density at radius 2 is 1.59 bits per heavy atom. The van der Waals surface area contributed by atoms with Crippen molar-refractivity contribution in [3.63, 3.8) is 0 Å². The summed E-state index contributed by atoms with van der Waals surface area (Å²) in [6.07, 6.45) is 2.76. The second-order valence-corrected chi connectivity index (χ2v) is 9.90. The molecule has 0 bridgehead atoms. The molecule has 4 aromatic rings. The van der Waals surface area contributed by atoms with Crippen LogP contribution in [0.2, 0.25) is 0 Å². The number of aromatic nitrogens is 1. The highest BCUT2D eigenvalue weighted by atomic mass is 32.2. The van der Waals surface area contributed by atoms with Gasteiger partial charge in [0.15, 0.2) is 5.17 Å². The maximum atomic E-state index is 13.6. The molecule has 186 valence electrons. The van der Waals surface area contributed by atoms with E-state index < -0.39 is 0 Å². The molecule has 0 aliphatic carbocycles. The predicted molar refractivity (Wildman–Crippen MR) is 153 cm³/mol. The topological polar surface area (TPSA) is 46.8 Å². The third-order valence-corrected chi connectivity index (χ3v) is 7.43. The molecule has 0 spiro atoms. The minimum atomic E-state index is -0.00939. The molecule has 1 aliphatic heterocycles. The standard InChI is InChI=1S/C31H29N3O2S/c1-22-20-25(23(2)34(22)27-14-16-28(36-3)17-15-27)21-29-30(35)33(19-18-24-10-6-4-7-11-24)31(37-29)32-26-12-8-5-9-13-26/h4-17,20-21H,18-19H2,1-3H3/b29-21+,32-31?. The normalized spacial score (nSPS) is 15.6. The first-order valence-electron chi connectivity index (χ1n) is 12.3. The van der Waals surface area contributed by atoms with Crippen molar-refractivity contribution in [3.05, 3.63) is 118 Å². The molecule has 1 fully saturated rings. The molecule has 3 aromatic carbocycles. The SMILES string of the molecule is COc1ccc(-n2c(C)cc(/C=C3/SC(=Nc4ccccc4)N(CCc4ccccc4)C3=O)c2C)cc1. The highest BCUT2D eigenvalue weighted by Crippen LogP contribution is 2.35. The van der Waals surface area contributed by atoms with Gasteiger partial charge < -0.3 is 9.30 Å². The van der Waals surface area contributed by atoms with Crippen LogP contribution in [0.5, 0.6) is 5.75 Å². The highest BCUT2D eigenvalue weighted by molar-refractivity contribution is 8.18. The number of methoxy groups -OCH3 is 1. The molecule has 1 saturated heterocycles. The van der Waals surface area contributed by atoms with Crippen molar-refractivity contribution >= 4 is 34.6 Å². The van der Waals surface area contributed by atoms with Crippen LogP contribution in [0.15, 0.2) is 101 Å². The summed E-state index contributed by atoms with van der Waals surface area (Å²) in [6.45, 7) is 4.74. The van der Waals surface area contributed by atoms with E-state index in [0.29, 0.717) is 16.6 Å². The van der Waals surface area contributed by atoms with Crippen LogP contribution in [0.25, 0.3) is 11.8 Å². The Morgan fingerprint density at radius 3 is 2.27 bits per heavy atom. The molecule has 0 saturated carbocycles. The fourth-order valence-corrected chi connectivity index (χ4v) is 5.51. The van der Waals surface area contributed by atoms with Gasteiger partial charge in [0.1, 0.15) is 5.75 Å². The van der Waals surface area contributed by atoms with Gasteiger partial charge in [0.2, 0.25) is 0 Å². The van der Waals surface area contributed by atoms with Crippen LogP contribution in [-0.2, 0) is 11.2 Å². The molecule has 0 N–H and O–H groups in total. The summed E-state index contributed by atoms with van der Waals surface area (Å²) >= 11 is 1.44. The summed E-state index contributed by atoms with van der Waals surface area (Å²) in [5.41, 5.74) is 6.29. The number of carbonyl (C=O) groups is 1. The number of rotatable bonds is 7. The smallest absolute Gasteiger partial charge is 0.266 e. The Balaban J connectivity index is 1.47. The van der Waals surface area contributed by atoms with E-state index in [1.54, 1.807) is 12.0 Å². The zero-order valence-electron chi connectivity index (χ0n) is 21.2. The van der Waals surface area contributed by atoms with Gasteiger partial charge in [-0.3, -0.25) is 9.69 Å². The maximum Gasteiger partial charge on any atom is 0.266 e. The van der Waals surface area contributed by atoms with E-state index in [0.717, 1.165) is 40.5 Å². The van der Waals surface area contributed by atoms with Crippen molar-refractivity contribution in [2.24, 2.45) is 4.99 Å². The lowest BCUT2D eigenvalue weighted by atomic mass is 10.1. The van der Waals surface area contributed by atoms with Crippen molar-refractivity contribution in [2.75, 3.05) is 13.7 Å². The average molecular weight is 508 g/mol. The zero-order valence-corrected chi connectivity index (χ0v) is 22.0. The van der Waals surface area contributed by atoms with Crippen LogP contribution in [-0.4, -0.2) is 34.2 Å². The third kappa shape index (κ3) is 5.39. The van der Waals surface area contributed by atoms with Crippen molar-refractivity contribution in [1.82, 2.24) is 9.47 Å². The number of amidine groups is 1. The molecule has 0 unspecified atom stereocenters. The number of amides is 1. The van der Waals surface area contributed by atoms with E-state index in [4.69, 9.17) is 9.73 Å². The molecule has 6 heteroatoms. The molecule has 0 atom stereocenters. The second-order valence-electron chi connectivity index (χ2n) is 8.89. The van der Waals surface area contributed by atoms with Gasteiger partial charge in [-0.05, 0) is 91.7 Å². The number of carbonyl (C=O) groups excluding carboxylic acids is 1. The van der Waals surface area contributed by atoms with Gasteiger partial charge >= 0.3 is 0 Å². The van der Waals surface area contributed by atoms with Gasteiger partial charge in [0.05, 0.1) is 17.7 Å². The quantitative estimate of drug-likeness (QED) is 0.254. The fourth-order valence-electron chi connectivity index (χ4n) is 4.49. The van der Waals surface area contributed by atoms with Crippen molar-refractivity contribution < 1.29 is 9.53 Å². The van der Waals surface area contributed by atoms with E-state index in [1.165, 1.54) is 17.3 Å². The number of ether oxygens (including phenoxy) is 1. The van der Waals surface area contributed by atoms with Crippen LogP contribution in [0.3, 0.4) is 0 Å². The molecule has 1 aromatic heterocycles. The molecule has 1 aliphatic rings. The Kier molecular flexibility index (Phi) is 7.28. The minimum absolute atomic E-state index is 0.00939. The van der Waals surface area contributed by atoms with E-state index in [1.807, 2.05) is 78.9 Å². The lowest BCUT2D eigenvalue weighted by molar-refractivity contribution is -0.122. The first kappa shape index (κ1) is 24.7. The number of hydrogen-bond acceptors (Lipinski definition) is 4. The monoisotopic (exact) mass is 507 g/mol. The summed E-state index contributed by atoms with van der Waals surface area (Å²) in [7, 11) is 1.67. The molecular formula is C31H29N3O2S. The molecule has 0 radical (unpaired) electrons. The van der Waals surface area contributed by atoms with E-state index >= 15 is 0 Å². The summed E-state index contributed by atoms with van der Waals surface area (Å²) in [6, 6.07) is 30.2. The van der Waals surface area contributed by atoms with Gasteiger partial charge in [0.25, 0.3) is 5.91 Å². The largest absolute Gasteiger partial charge is 0.497 e. The number of thioether (sulfide) groups is 1. The molecule has 5 rings (SSSR count). The predicted octanol–water partition coefficient (Wildman–Crippen LogP) is 6.95. The first-order valence-corrected chi connectivity index (χ1v) is 13.1. The van der Waals surface area contributed by atoms with Gasteiger partial charge in [0, 0.05) is 23.6 Å². The van der Waals surface area contributed by atoms with Crippen molar-refractivity contribution in [2.45, 2.75) is 20.3 Å². The Labute approximate surface area is 222 Å². The van der Waals surface area contributed by atoms with Crippen LogP contribution < -0.4 is 4.74 Å². The second kappa shape index (κ2) is 10.9. The highest BCUT2D eigenvalue weighted by Gasteiger charge is 2.33. The number of benzene rings is 3. The third-order valence-electron chi connectivity index (χ3n) is 6.42. The summed E-state index contributed by atoms with van der Waals surface area (Å²) in [5.74, 6) is 0.812. The maximum absolute atomic E-state index is 13.6. The van der Waals surface area contributed by atoms with Crippen LogP contribution >= 0.6 is 11.8 Å². The van der Waals surface area contributed by atoms with Gasteiger partial charge in [-0.15, -0.1) is 0 Å². The van der Waals surface area contributed by atoms with Gasteiger partial charge in [-0.25, -0.2) is 4.99 Å². The number of para-hydroxylation sites is 1. The van der Waals surface area contributed by atoms with E-state index in [2.05, 4.69) is 36.6 Å². The van der Waals surface area contributed by atoms with E-state index in [-0.39, 0.29) is 5.91 Å². The van der Waals surface area contributed by atoms with Crippen molar-refractivity contribution in [3.8, 4) is 11.4 Å². The summed E-state index contributed by atoms with van der Waals surface area (Å²) < 4.78 is 7.50. The fraction of sp³-hybridized carbons (Fsp3) is 0.161. The number of aryl methyl sites for hydroxylation is 1. The number of hydrogen-bond donors (Lipinski definition) is 0. The average Bonchev–Trinajstić information content (AvgIpc) is 3.37. The summed E-state index contributed by atoms with van der Waals surface area (Å²) in [4.78, 5) is 20.9. The lowest BCUT2D eigenvalue weighted by Gasteiger charge is -2.15. The molecule has 1 amide bonds. The number of nitrogens with zero attached hydrogens (tertiary/aromatic N) is 3. The summed E-state index contributed by atoms with van der Waals surface area (Å²) in [5, 5.41) is 0.711. The van der Waals surface area contributed by atoms with E-state index in [9.17, 15) is 4.79 Å². The number of aliphatic imine (C=N–C) groups is 1. The molecular weight excluding hydrogens is 478 g/mol. The Morgan fingerprint density at radius 1 is 0.919 bits per heavy atom. The lowest BCUT2D eigenvalue weighted by Crippen LogP contribution is -2.31. The van der Waals surface area contributed by atoms with Crippen LogP contribution in [0.4, 0.5) is 5.69 Å².